The summed E-state index contributed by atoms with van der Waals surface area (Å²) in [6, 6.07) is 19.8. The van der Waals surface area contributed by atoms with Crippen LogP contribution in [0.4, 0.5) is 0 Å². The molecule has 4 rings (SSSR count). The number of hydrogen-bond acceptors (Lipinski definition) is 2. The number of rotatable bonds is 11. The van der Waals surface area contributed by atoms with Gasteiger partial charge in [0.15, 0.2) is 0 Å². The molecule has 0 fully saturated rings. The third-order valence-corrected chi connectivity index (χ3v) is 7.30. The van der Waals surface area contributed by atoms with Gasteiger partial charge in [0.1, 0.15) is 0 Å². The molecule has 3 aromatic carbocycles. The van der Waals surface area contributed by atoms with E-state index in [0.29, 0.717) is 0 Å². The molecule has 0 bridgehead atoms. The molecule has 0 unspecified atom stereocenters. The summed E-state index contributed by atoms with van der Waals surface area (Å²) in [5.74, 6) is 0. The van der Waals surface area contributed by atoms with E-state index in [4.69, 9.17) is 11.5 Å². The topological polar surface area (TPSA) is 57.0 Å². The first-order valence-electron chi connectivity index (χ1n) is 14.8. The lowest BCUT2D eigenvalue weighted by atomic mass is 9.97. The van der Waals surface area contributed by atoms with Gasteiger partial charge in [0.2, 0.25) is 0 Å². The van der Waals surface area contributed by atoms with Crippen molar-refractivity contribution in [3.63, 3.8) is 0 Å². The van der Waals surface area contributed by atoms with Gasteiger partial charge in [-0.05, 0) is 85.8 Å². The average molecular weight is 580 g/mol. The SMILES string of the molecule is C=C/C(=C\N)C/C=C\C(C)=C/N.C=C/C=C\C(=C/C/C(C)=C/C=C)c1ccc2c(ccc3c4ccccc4n(C(=C)C)c23)c1. The fourth-order valence-electron chi connectivity index (χ4n) is 5.01. The van der Waals surface area contributed by atoms with E-state index >= 15 is 0 Å². The van der Waals surface area contributed by atoms with Crippen molar-refractivity contribution in [3.05, 3.63) is 170 Å². The number of fused-ring (bicyclic) bond motifs is 5. The van der Waals surface area contributed by atoms with E-state index in [1.165, 1.54) is 49.3 Å². The van der Waals surface area contributed by atoms with Gasteiger partial charge in [0.05, 0.1) is 11.0 Å². The molecule has 224 valence electrons. The van der Waals surface area contributed by atoms with Crippen LogP contribution in [-0.2, 0) is 0 Å². The van der Waals surface area contributed by atoms with Crippen molar-refractivity contribution in [2.75, 3.05) is 0 Å². The van der Waals surface area contributed by atoms with Crippen molar-refractivity contribution in [3.8, 4) is 0 Å². The Morgan fingerprint density at radius 3 is 2.23 bits per heavy atom. The second-order valence-corrected chi connectivity index (χ2v) is 10.7. The number of hydrogen-bond donors (Lipinski definition) is 2. The number of para-hydroxylation sites is 1. The summed E-state index contributed by atoms with van der Waals surface area (Å²) in [7, 11) is 0. The molecule has 1 heterocycles. The standard InChI is InChI=1S/C31H29N.C10H16N2/c1-6-8-12-24(16-15-23(5)11-7-2)25-17-19-27-26(21-25)18-20-29-28-13-9-10-14-30(28)32(22(3)4)31(27)29;1-3-10(8-12)6-4-5-9(2)7-11/h6-14,16-21H,1-3,15H2,4-5H3;3-5,7-8H,1,6,11-12H2,2H3/b12-8-,23-11+,24-16+;5-4-,9-7-,10-8+. The third-order valence-electron chi connectivity index (χ3n) is 7.30. The summed E-state index contributed by atoms with van der Waals surface area (Å²) in [5.41, 5.74) is 19.8. The number of aromatic nitrogens is 1. The summed E-state index contributed by atoms with van der Waals surface area (Å²) < 4.78 is 2.28. The fourth-order valence-corrected chi connectivity index (χ4v) is 5.01. The predicted octanol–water partition coefficient (Wildman–Crippen LogP) is 10.9. The molecule has 0 saturated carbocycles. The minimum absolute atomic E-state index is 0.797. The van der Waals surface area contributed by atoms with Crippen LogP contribution in [0.25, 0.3) is 43.8 Å². The molecule has 4 aromatic rings. The highest BCUT2D eigenvalue weighted by atomic mass is 15.0. The van der Waals surface area contributed by atoms with Crippen LogP contribution in [-0.4, -0.2) is 4.57 Å². The molecular weight excluding hydrogens is 534 g/mol. The zero-order valence-corrected chi connectivity index (χ0v) is 26.4. The molecule has 0 amide bonds. The Kier molecular flexibility index (Phi) is 12.4. The second-order valence-electron chi connectivity index (χ2n) is 10.7. The first-order chi connectivity index (χ1) is 21.3. The van der Waals surface area contributed by atoms with E-state index in [9.17, 15) is 0 Å². The Labute approximate surface area is 263 Å². The van der Waals surface area contributed by atoms with Crippen LogP contribution >= 0.6 is 0 Å². The van der Waals surface area contributed by atoms with Gasteiger partial charge in [0.25, 0.3) is 0 Å². The van der Waals surface area contributed by atoms with Gasteiger partial charge in [-0.1, -0.05) is 129 Å². The highest BCUT2D eigenvalue weighted by Crippen LogP contribution is 2.37. The van der Waals surface area contributed by atoms with Crippen molar-refractivity contribution in [1.82, 2.24) is 4.57 Å². The van der Waals surface area contributed by atoms with E-state index in [-0.39, 0.29) is 0 Å². The fraction of sp³-hybridized carbons (Fsp3) is 0.122. The predicted molar refractivity (Wildman–Crippen MR) is 198 cm³/mol. The van der Waals surface area contributed by atoms with E-state index in [0.717, 1.165) is 29.7 Å². The summed E-state index contributed by atoms with van der Waals surface area (Å²) in [6.45, 7) is 21.7. The smallest absolute Gasteiger partial charge is 0.0615 e. The highest BCUT2D eigenvalue weighted by Gasteiger charge is 2.14. The van der Waals surface area contributed by atoms with Gasteiger partial charge in [-0.15, -0.1) is 0 Å². The van der Waals surface area contributed by atoms with Crippen LogP contribution in [0.1, 0.15) is 39.2 Å². The van der Waals surface area contributed by atoms with Crippen molar-refractivity contribution >= 4 is 43.8 Å². The molecule has 0 aliphatic rings. The zero-order chi connectivity index (χ0) is 32.1. The van der Waals surface area contributed by atoms with Crippen molar-refractivity contribution < 1.29 is 0 Å². The Hall–Kier alpha value is -5.28. The largest absolute Gasteiger partial charge is 0.404 e. The minimum Gasteiger partial charge on any atom is -0.404 e. The molecule has 0 aliphatic heterocycles. The van der Waals surface area contributed by atoms with Crippen LogP contribution in [0.3, 0.4) is 0 Å². The molecule has 4 N–H and O–H groups in total. The molecule has 0 radical (unpaired) electrons. The van der Waals surface area contributed by atoms with Crippen LogP contribution < -0.4 is 11.5 Å². The Morgan fingerprint density at radius 1 is 0.818 bits per heavy atom. The maximum atomic E-state index is 5.33. The van der Waals surface area contributed by atoms with Crippen molar-refractivity contribution in [2.45, 2.75) is 33.6 Å². The minimum atomic E-state index is 0.797. The third kappa shape index (κ3) is 8.17. The maximum absolute atomic E-state index is 5.33. The average Bonchev–Trinajstić information content (AvgIpc) is 3.38. The van der Waals surface area contributed by atoms with Gasteiger partial charge in [-0.25, -0.2) is 0 Å². The molecule has 1 aromatic heterocycles. The Balaban J connectivity index is 0.000000375. The van der Waals surface area contributed by atoms with Gasteiger partial charge in [-0.3, -0.25) is 0 Å². The van der Waals surface area contributed by atoms with Crippen LogP contribution in [0.2, 0.25) is 0 Å². The molecule has 0 spiro atoms. The molecule has 0 atom stereocenters. The summed E-state index contributed by atoms with van der Waals surface area (Å²) in [4.78, 5) is 0. The Morgan fingerprint density at radius 2 is 1.57 bits per heavy atom. The molecule has 44 heavy (non-hydrogen) atoms. The molecule has 0 saturated heterocycles. The van der Waals surface area contributed by atoms with Crippen LogP contribution in [0.15, 0.2) is 165 Å². The number of benzene rings is 3. The first kappa shape index (κ1) is 33.2. The quantitative estimate of drug-likeness (QED) is 0.174. The van der Waals surface area contributed by atoms with E-state index < -0.39 is 0 Å². The summed E-state index contributed by atoms with van der Waals surface area (Å²) in [6.07, 6.45) is 22.6. The maximum Gasteiger partial charge on any atom is 0.0615 e. The zero-order valence-electron chi connectivity index (χ0n) is 26.4. The van der Waals surface area contributed by atoms with E-state index in [1.54, 1.807) is 18.5 Å². The van der Waals surface area contributed by atoms with Gasteiger partial charge >= 0.3 is 0 Å². The second kappa shape index (κ2) is 16.4. The van der Waals surface area contributed by atoms with Crippen molar-refractivity contribution in [1.29, 1.82) is 0 Å². The summed E-state index contributed by atoms with van der Waals surface area (Å²) >= 11 is 0. The number of nitrogens with two attached hydrogens (primary N) is 2. The number of nitrogens with zero attached hydrogens (tertiary/aromatic N) is 1. The van der Waals surface area contributed by atoms with Crippen LogP contribution in [0.5, 0.6) is 0 Å². The van der Waals surface area contributed by atoms with Crippen molar-refractivity contribution in [2.24, 2.45) is 11.5 Å². The van der Waals surface area contributed by atoms with E-state index in [1.807, 2.05) is 37.3 Å². The molecular formula is C41H45N3. The molecule has 3 nitrogen and oxygen atoms in total. The first-order valence-corrected chi connectivity index (χ1v) is 14.8. The Bertz CT molecular complexity index is 1860. The van der Waals surface area contributed by atoms with Gasteiger partial charge in [-0.2, -0.15) is 0 Å². The van der Waals surface area contributed by atoms with Crippen LogP contribution in [0, 0.1) is 0 Å². The lowest BCUT2D eigenvalue weighted by Crippen LogP contribution is -1.92. The monoisotopic (exact) mass is 579 g/mol. The number of allylic oxidation sites excluding steroid dienone is 14. The lowest BCUT2D eigenvalue weighted by Gasteiger charge is -2.10. The molecule has 3 heteroatoms. The summed E-state index contributed by atoms with van der Waals surface area (Å²) in [5, 5.41) is 4.98. The molecule has 0 aliphatic carbocycles. The normalized spacial score (nSPS) is 13.1. The van der Waals surface area contributed by atoms with E-state index in [2.05, 4.69) is 118 Å². The lowest BCUT2D eigenvalue weighted by molar-refractivity contribution is 1.21. The highest BCUT2D eigenvalue weighted by molar-refractivity contribution is 6.19. The van der Waals surface area contributed by atoms with Gasteiger partial charge < -0.3 is 16.0 Å². The van der Waals surface area contributed by atoms with Gasteiger partial charge in [0, 0.05) is 21.9 Å².